The van der Waals surface area contributed by atoms with Crippen molar-refractivity contribution in [3.8, 4) is 0 Å². The van der Waals surface area contributed by atoms with Crippen molar-refractivity contribution in [2.24, 2.45) is 0 Å². The molecule has 0 saturated carbocycles. The number of carbonyl (C=O) groups excluding carboxylic acids is 1. The second kappa shape index (κ2) is 9.95. The van der Waals surface area contributed by atoms with Gasteiger partial charge >= 0.3 is 5.97 Å². The van der Waals surface area contributed by atoms with E-state index in [2.05, 4.69) is 17.4 Å². The van der Waals surface area contributed by atoms with Crippen LogP contribution < -0.4 is 5.32 Å². The fourth-order valence-electron chi connectivity index (χ4n) is 3.57. The van der Waals surface area contributed by atoms with Crippen LogP contribution in [0.5, 0.6) is 0 Å². The summed E-state index contributed by atoms with van der Waals surface area (Å²) in [7, 11) is 0. The number of carbonyl (C=O) groups is 2. The third-order valence-corrected chi connectivity index (χ3v) is 4.71. The summed E-state index contributed by atoms with van der Waals surface area (Å²) in [6.45, 7) is 3.99. The molecule has 146 valence electrons. The highest BCUT2D eigenvalue weighted by molar-refractivity contribution is 5.92. The molecule has 27 heavy (non-hydrogen) atoms. The maximum atomic E-state index is 12.7. The maximum absolute atomic E-state index is 12.7. The number of hydrogen-bond acceptors (Lipinski definition) is 3. The summed E-state index contributed by atoms with van der Waals surface area (Å²) in [4.78, 5) is 24.0. The van der Waals surface area contributed by atoms with Crippen molar-refractivity contribution in [3.63, 3.8) is 0 Å². The predicted molar refractivity (Wildman–Crippen MR) is 105 cm³/mol. The van der Waals surface area contributed by atoms with Crippen molar-refractivity contribution in [1.82, 2.24) is 5.32 Å². The molecule has 2 N–H and O–H groups in total. The lowest BCUT2D eigenvalue weighted by atomic mass is 9.85. The van der Waals surface area contributed by atoms with E-state index in [1.807, 2.05) is 38.1 Å². The van der Waals surface area contributed by atoms with Crippen LogP contribution in [0.1, 0.15) is 67.8 Å². The van der Waals surface area contributed by atoms with Gasteiger partial charge in [0.25, 0.3) is 5.91 Å². The first-order valence-corrected chi connectivity index (χ1v) is 9.65. The highest BCUT2D eigenvalue weighted by Gasteiger charge is 2.33. The van der Waals surface area contributed by atoms with Gasteiger partial charge in [0.05, 0.1) is 12.0 Å². The second-order valence-corrected chi connectivity index (χ2v) is 7.06. The first-order valence-electron chi connectivity index (χ1n) is 9.65. The number of carboxylic acid groups (broad SMARTS) is 1. The van der Waals surface area contributed by atoms with Crippen LogP contribution in [0.2, 0.25) is 0 Å². The molecule has 0 unspecified atom stereocenters. The lowest BCUT2D eigenvalue weighted by molar-refractivity contribution is -0.138. The van der Waals surface area contributed by atoms with Crippen molar-refractivity contribution in [1.29, 1.82) is 0 Å². The summed E-state index contributed by atoms with van der Waals surface area (Å²) in [5.74, 6) is -0.261. The standard InChI is InChI=1S/C22H29NO4/c1-3-14-22(15-4-2,16-20(24)25)23-21(26)19-13-12-18(27-19)11-10-17-8-6-5-7-9-17/h5-9,12-13H,3-4,10-11,14-16H2,1-2H3,(H,23,26)(H,24,25). The Balaban J connectivity index is 2.04. The van der Waals surface area contributed by atoms with Crippen LogP contribution in [0.15, 0.2) is 46.9 Å². The third kappa shape index (κ3) is 6.27. The Morgan fingerprint density at radius 2 is 1.67 bits per heavy atom. The normalized spacial score (nSPS) is 11.3. The highest BCUT2D eigenvalue weighted by atomic mass is 16.4. The van der Waals surface area contributed by atoms with Crippen LogP contribution in [0.4, 0.5) is 0 Å². The van der Waals surface area contributed by atoms with Crippen molar-refractivity contribution in [3.05, 3.63) is 59.5 Å². The van der Waals surface area contributed by atoms with Crippen LogP contribution >= 0.6 is 0 Å². The molecule has 0 aliphatic carbocycles. The van der Waals surface area contributed by atoms with Crippen LogP contribution in [0.25, 0.3) is 0 Å². The summed E-state index contributed by atoms with van der Waals surface area (Å²) < 4.78 is 5.71. The summed E-state index contributed by atoms with van der Waals surface area (Å²) >= 11 is 0. The van der Waals surface area contributed by atoms with E-state index in [4.69, 9.17) is 4.42 Å². The SMILES string of the molecule is CCCC(CCC)(CC(=O)O)NC(=O)c1ccc(CCc2ccccc2)o1. The number of aliphatic carboxylic acids is 1. The van der Waals surface area contributed by atoms with E-state index in [0.29, 0.717) is 19.3 Å². The summed E-state index contributed by atoms with van der Waals surface area (Å²) in [5.41, 5.74) is 0.481. The molecular weight excluding hydrogens is 342 g/mol. The quantitative estimate of drug-likeness (QED) is 0.604. The molecule has 2 aromatic rings. The Bertz CT molecular complexity index is 730. The Morgan fingerprint density at radius 1 is 1.00 bits per heavy atom. The predicted octanol–water partition coefficient (Wildman–Crippen LogP) is 4.61. The Hall–Kier alpha value is -2.56. The fourth-order valence-corrected chi connectivity index (χ4v) is 3.57. The molecule has 1 amide bonds. The molecule has 1 heterocycles. The molecule has 5 nitrogen and oxygen atoms in total. The number of benzene rings is 1. The fraction of sp³-hybridized carbons (Fsp3) is 0.455. The topological polar surface area (TPSA) is 79.5 Å². The number of furan rings is 1. The van der Waals surface area contributed by atoms with Gasteiger partial charge in [-0.15, -0.1) is 0 Å². The average molecular weight is 371 g/mol. The van der Waals surface area contributed by atoms with E-state index in [-0.39, 0.29) is 18.1 Å². The van der Waals surface area contributed by atoms with E-state index in [0.717, 1.165) is 25.0 Å². The van der Waals surface area contributed by atoms with Crippen LogP contribution in [0.3, 0.4) is 0 Å². The largest absolute Gasteiger partial charge is 0.481 e. The van der Waals surface area contributed by atoms with Gasteiger partial charge in [0, 0.05) is 6.42 Å². The maximum Gasteiger partial charge on any atom is 0.305 e. The van der Waals surface area contributed by atoms with Crippen LogP contribution in [-0.4, -0.2) is 22.5 Å². The molecule has 0 aliphatic rings. The van der Waals surface area contributed by atoms with Gasteiger partial charge in [-0.2, -0.15) is 0 Å². The van der Waals surface area contributed by atoms with Crippen molar-refractivity contribution in [2.45, 2.75) is 64.3 Å². The molecule has 1 aromatic carbocycles. The molecule has 5 heteroatoms. The van der Waals surface area contributed by atoms with E-state index in [1.165, 1.54) is 5.56 Å². The lowest BCUT2D eigenvalue weighted by Gasteiger charge is -2.33. The van der Waals surface area contributed by atoms with Gasteiger partial charge in [-0.3, -0.25) is 9.59 Å². The first kappa shape index (κ1) is 20.7. The summed E-state index contributed by atoms with van der Waals surface area (Å²) in [5, 5.41) is 12.2. The smallest absolute Gasteiger partial charge is 0.305 e. The van der Waals surface area contributed by atoms with E-state index in [9.17, 15) is 14.7 Å². The zero-order valence-electron chi connectivity index (χ0n) is 16.2. The monoisotopic (exact) mass is 371 g/mol. The molecule has 0 radical (unpaired) electrons. The highest BCUT2D eigenvalue weighted by Crippen LogP contribution is 2.25. The number of nitrogens with one attached hydrogen (secondary N) is 1. The number of carboxylic acids is 1. The molecule has 0 spiro atoms. The van der Waals surface area contributed by atoms with Crippen molar-refractivity contribution in [2.75, 3.05) is 0 Å². The molecule has 2 rings (SSSR count). The third-order valence-electron chi connectivity index (χ3n) is 4.71. The molecule has 0 aliphatic heterocycles. The number of rotatable bonds is 11. The Labute approximate surface area is 160 Å². The van der Waals surface area contributed by atoms with Crippen LogP contribution in [-0.2, 0) is 17.6 Å². The molecule has 0 atom stereocenters. The Kier molecular flexibility index (Phi) is 7.65. The van der Waals surface area contributed by atoms with Gasteiger partial charge in [-0.25, -0.2) is 0 Å². The van der Waals surface area contributed by atoms with Crippen molar-refractivity contribution >= 4 is 11.9 Å². The lowest BCUT2D eigenvalue weighted by Crippen LogP contribution is -2.49. The number of aryl methyl sites for hydroxylation is 2. The van der Waals surface area contributed by atoms with Gasteiger partial charge in [0.15, 0.2) is 5.76 Å². The Morgan fingerprint density at radius 3 is 2.26 bits per heavy atom. The molecular formula is C22H29NO4. The van der Waals surface area contributed by atoms with E-state index >= 15 is 0 Å². The summed E-state index contributed by atoms with van der Waals surface area (Å²) in [6, 6.07) is 13.6. The molecule has 0 fully saturated rings. The minimum atomic E-state index is -0.903. The molecule has 1 aromatic heterocycles. The van der Waals surface area contributed by atoms with E-state index in [1.54, 1.807) is 6.07 Å². The zero-order chi connectivity index (χ0) is 19.7. The van der Waals surface area contributed by atoms with Gasteiger partial charge in [0.1, 0.15) is 5.76 Å². The van der Waals surface area contributed by atoms with Crippen molar-refractivity contribution < 1.29 is 19.1 Å². The van der Waals surface area contributed by atoms with Gasteiger partial charge in [-0.05, 0) is 37.0 Å². The van der Waals surface area contributed by atoms with Crippen LogP contribution in [0, 0.1) is 0 Å². The zero-order valence-corrected chi connectivity index (χ0v) is 16.2. The molecule has 0 saturated heterocycles. The first-order chi connectivity index (χ1) is 13.0. The minimum Gasteiger partial charge on any atom is -0.481 e. The second-order valence-electron chi connectivity index (χ2n) is 7.06. The van der Waals surface area contributed by atoms with Gasteiger partial charge in [-0.1, -0.05) is 57.0 Å². The van der Waals surface area contributed by atoms with Gasteiger partial charge < -0.3 is 14.8 Å². The molecule has 0 bridgehead atoms. The van der Waals surface area contributed by atoms with Gasteiger partial charge in [0.2, 0.25) is 0 Å². The minimum absolute atomic E-state index is 0.0814. The average Bonchev–Trinajstić information content (AvgIpc) is 3.10. The summed E-state index contributed by atoms with van der Waals surface area (Å²) in [6.07, 6.45) is 4.32. The number of hydrogen-bond donors (Lipinski definition) is 2. The number of amides is 1. The van der Waals surface area contributed by atoms with E-state index < -0.39 is 11.5 Å².